The minimum absolute atomic E-state index is 0.247. The van der Waals surface area contributed by atoms with Gasteiger partial charge in [0.25, 0.3) is 0 Å². The van der Waals surface area contributed by atoms with Gasteiger partial charge in [-0.3, -0.25) is 4.79 Å². The number of carbonyl (C=O) groups is 2. The van der Waals surface area contributed by atoms with E-state index in [1.165, 1.54) is 19.1 Å². The van der Waals surface area contributed by atoms with E-state index in [1.54, 1.807) is 0 Å². The van der Waals surface area contributed by atoms with Gasteiger partial charge in [-0.25, -0.2) is 4.79 Å². The lowest BCUT2D eigenvalue weighted by Gasteiger charge is -2.13. The van der Waals surface area contributed by atoms with Crippen LogP contribution in [0.5, 0.6) is 0 Å². The molecule has 1 saturated heterocycles. The van der Waals surface area contributed by atoms with Gasteiger partial charge >= 0.3 is 11.9 Å². The van der Waals surface area contributed by atoms with Crippen LogP contribution in [-0.2, 0) is 19.1 Å². The van der Waals surface area contributed by atoms with Crippen LogP contribution in [0.25, 0.3) is 0 Å². The van der Waals surface area contributed by atoms with E-state index in [2.05, 4.69) is 0 Å². The fourth-order valence-corrected chi connectivity index (χ4v) is 1.50. The van der Waals surface area contributed by atoms with Gasteiger partial charge in [-0.15, -0.1) is 0 Å². The van der Waals surface area contributed by atoms with Crippen molar-refractivity contribution < 1.29 is 24.2 Å². The van der Waals surface area contributed by atoms with Crippen LogP contribution in [0.3, 0.4) is 0 Å². The zero-order chi connectivity index (χ0) is 10.7. The zero-order valence-electron chi connectivity index (χ0n) is 8.10. The van der Waals surface area contributed by atoms with Crippen LogP contribution >= 0.6 is 0 Å². The molecule has 80 valence electrons. The Bertz CT molecular complexity index is 230. The van der Waals surface area contributed by atoms with E-state index in [0.717, 1.165) is 0 Å². The summed E-state index contributed by atoms with van der Waals surface area (Å²) >= 11 is 0. The Kier molecular flexibility index (Phi) is 3.43. The van der Waals surface area contributed by atoms with Crippen LogP contribution in [-0.4, -0.2) is 61.4 Å². The fraction of sp³-hybridized carbons (Fsp3) is 0.750. The normalized spacial score (nSPS) is 26.6. The van der Waals surface area contributed by atoms with Crippen LogP contribution in [0.15, 0.2) is 0 Å². The van der Waals surface area contributed by atoms with Crippen molar-refractivity contribution in [2.75, 3.05) is 27.3 Å². The number of hydrogen-bond acceptors (Lipinski definition) is 4. The SMILES string of the molecule is COC1CN(C(=O)C(=O)O)CC1OC. The standard InChI is InChI=1S/C8H13NO5/c1-13-5-3-9(4-6(5)14-2)7(10)8(11)12/h5-6H,3-4H2,1-2H3,(H,11,12). The van der Waals surface area contributed by atoms with Gasteiger partial charge in [-0.05, 0) is 0 Å². The number of likely N-dealkylation sites (tertiary alicyclic amines) is 1. The Morgan fingerprint density at radius 2 is 1.64 bits per heavy atom. The fourth-order valence-electron chi connectivity index (χ4n) is 1.50. The first-order valence-corrected chi connectivity index (χ1v) is 4.18. The van der Waals surface area contributed by atoms with E-state index in [0.29, 0.717) is 0 Å². The molecule has 0 aliphatic carbocycles. The summed E-state index contributed by atoms with van der Waals surface area (Å²) in [5.41, 5.74) is 0. The van der Waals surface area contributed by atoms with Crippen molar-refractivity contribution in [1.29, 1.82) is 0 Å². The number of rotatable bonds is 2. The van der Waals surface area contributed by atoms with Crippen LogP contribution in [0.2, 0.25) is 0 Å². The average molecular weight is 203 g/mol. The molecule has 1 rings (SSSR count). The quantitative estimate of drug-likeness (QED) is 0.579. The summed E-state index contributed by atoms with van der Waals surface area (Å²) in [7, 11) is 3.01. The molecule has 6 heteroatoms. The molecule has 0 aromatic rings. The number of ether oxygens (including phenoxy) is 2. The molecule has 0 aromatic carbocycles. The minimum Gasteiger partial charge on any atom is -0.474 e. The van der Waals surface area contributed by atoms with Gasteiger partial charge in [-0.1, -0.05) is 0 Å². The predicted octanol–water partition coefficient (Wildman–Crippen LogP) is -1.06. The summed E-state index contributed by atoms with van der Waals surface area (Å²) in [6.45, 7) is 0.528. The lowest BCUT2D eigenvalue weighted by Crippen LogP contribution is -2.35. The smallest absolute Gasteiger partial charge is 0.394 e. The van der Waals surface area contributed by atoms with E-state index in [-0.39, 0.29) is 25.3 Å². The van der Waals surface area contributed by atoms with Crippen molar-refractivity contribution in [3.05, 3.63) is 0 Å². The first-order chi connectivity index (χ1) is 6.60. The average Bonchev–Trinajstić information content (AvgIpc) is 2.59. The molecular formula is C8H13NO5. The van der Waals surface area contributed by atoms with Crippen molar-refractivity contribution in [3.63, 3.8) is 0 Å². The van der Waals surface area contributed by atoms with Gasteiger partial charge < -0.3 is 19.5 Å². The maximum Gasteiger partial charge on any atom is 0.394 e. The van der Waals surface area contributed by atoms with Gasteiger partial charge in [-0.2, -0.15) is 0 Å². The van der Waals surface area contributed by atoms with E-state index >= 15 is 0 Å². The van der Waals surface area contributed by atoms with E-state index in [4.69, 9.17) is 14.6 Å². The van der Waals surface area contributed by atoms with Crippen molar-refractivity contribution >= 4 is 11.9 Å². The third-order valence-corrected chi connectivity index (χ3v) is 2.29. The summed E-state index contributed by atoms with van der Waals surface area (Å²) in [6.07, 6.45) is -0.494. The number of amides is 1. The highest BCUT2D eigenvalue weighted by atomic mass is 16.5. The molecule has 0 radical (unpaired) electrons. The van der Waals surface area contributed by atoms with Crippen LogP contribution < -0.4 is 0 Å². The summed E-state index contributed by atoms with van der Waals surface area (Å²) in [5.74, 6) is -2.36. The number of carboxylic acid groups (broad SMARTS) is 1. The molecule has 1 aliphatic rings. The summed E-state index contributed by atoms with van der Waals surface area (Å²) < 4.78 is 10.1. The Labute approximate surface area is 81.4 Å². The Morgan fingerprint density at radius 1 is 1.21 bits per heavy atom. The van der Waals surface area contributed by atoms with Gasteiger partial charge in [0.05, 0.1) is 13.1 Å². The highest BCUT2D eigenvalue weighted by molar-refractivity contribution is 6.31. The number of aliphatic carboxylic acids is 1. The molecule has 2 unspecified atom stereocenters. The molecule has 14 heavy (non-hydrogen) atoms. The van der Waals surface area contributed by atoms with E-state index in [9.17, 15) is 9.59 Å². The summed E-state index contributed by atoms with van der Waals surface area (Å²) in [6, 6.07) is 0. The number of carbonyl (C=O) groups excluding carboxylic acids is 1. The highest BCUT2D eigenvalue weighted by Crippen LogP contribution is 2.15. The van der Waals surface area contributed by atoms with Crippen molar-refractivity contribution in [2.45, 2.75) is 12.2 Å². The monoisotopic (exact) mass is 203 g/mol. The van der Waals surface area contributed by atoms with Crippen molar-refractivity contribution in [2.24, 2.45) is 0 Å². The van der Waals surface area contributed by atoms with Gasteiger partial charge in [0, 0.05) is 14.2 Å². The first-order valence-electron chi connectivity index (χ1n) is 4.18. The zero-order valence-corrected chi connectivity index (χ0v) is 8.10. The van der Waals surface area contributed by atoms with E-state index in [1.807, 2.05) is 0 Å². The first kappa shape index (κ1) is 10.9. The number of methoxy groups -OCH3 is 2. The molecule has 1 fully saturated rings. The second-order valence-corrected chi connectivity index (χ2v) is 3.06. The molecule has 2 atom stereocenters. The molecule has 0 aromatic heterocycles. The lowest BCUT2D eigenvalue weighted by atomic mass is 10.3. The molecule has 0 saturated carbocycles. The third kappa shape index (κ3) is 2.02. The van der Waals surface area contributed by atoms with Gasteiger partial charge in [0.15, 0.2) is 0 Å². The molecule has 1 aliphatic heterocycles. The maximum atomic E-state index is 11.1. The van der Waals surface area contributed by atoms with Crippen molar-refractivity contribution in [3.8, 4) is 0 Å². The Balaban J connectivity index is 2.61. The highest BCUT2D eigenvalue weighted by Gasteiger charge is 2.37. The molecule has 1 N–H and O–H groups in total. The second-order valence-electron chi connectivity index (χ2n) is 3.06. The largest absolute Gasteiger partial charge is 0.474 e. The number of hydrogen-bond donors (Lipinski definition) is 1. The summed E-state index contributed by atoms with van der Waals surface area (Å²) in [4.78, 5) is 22.7. The molecule has 0 bridgehead atoms. The van der Waals surface area contributed by atoms with Gasteiger partial charge in [0.2, 0.25) is 0 Å². The maximum absolute atomic E-state index is 11.1. The predicted molar refractivity (Wildman–Crippen MR) is 45.8 cm³/mol. The molecular weight excluding hydrogens is 190 g/mol. The molecule has 1 amide bonds. The number of carboxylic acids is 1. The number of nitrogens with zero attached hydrogens (tertiary/aromatic N) is 1. The Hall–Kier alpha value is -1.14. The second kappa shape index (κ2) is 4.39. The Morgan fingerprint density at radius 3 is 1.93 bits per heavy atom. The summed E-state index contributed by atoms with van der Waals surface area (Å²) in [5, 5.41) is 8.49. The van der Waals surface area contributed by atoms with E-state index < -0.39 is 11.9 Å². The topological polar surface area (TPSA) is 76.1 Å². The van der Waals surface area contributed by atoms with Gasteiger partial charge in [0.1, 0.15) is 12.2 Å². The molecule has 6 nitrogen and oxygen atoms in total. The van der Waals surface area contributed by atoms with Crippen LogP contribution in [0, 0.1) is 0 Å². The third-order valence-electron chi connectivity index (χ3n) is 2.29. The molecule has 0 spiro atoms. The molecule has 1 heterocycles. The van der Waals surface area contributed by atoms with Crippen LogP contribution in [0.1, 0.15) is 0 Å². The van der Waals surface area contributed by atoms with Crippen molar-refractivity contribution in [1.82, 2.24) is 4.90 Å². The lowest BCUT2D eigenvalue weighted by molar-refractivity contribution is -0.155. The van der Waals surface area contributed by atoms with Crippen LogP contribution in [0.4, 0.5) is 0 Å². The minimum atomic E-state index is -1.45.